The van der Waals surface area contributed by atoms with E-state index in [-0.39, 0.29) is 11.8 Å². The molecule has 0 atom stereocenters. The first-order valence-corrected chi connectivity index (χ1v) is 5.93. The van der Waals surface area contributed by atoms with Crippen LogP contribution in [-0.4, -0.2) is 19.0 Å². The molecule has 1 rings (SSSR count). The lowest BCUT2D eigenvalue weighted by molar-refractivity contribution is -0.123. The van der Waals surface area contributed by atoms with Crippen LogP contribution in [-0.2, 0) is 11.3 Å². The van der Waals surface area contributed by atoms with Crippen LogP contribution in [0.2, 0.25) is 0 Å². The van der Waals surface area contributed by atoms with Gasteiger partial charge in [-0.3, -0.25) is 4.79 Å². The minimum Gasteiger partial charge on any atom is -0.355 e. The minimum absolute atomic E-state index is 0.00428. The second-order valence-electron chi connectivity index (χ2n) is 4.37. The zero-order chi connectivity index (χ0) is 13.5. The molecule has 3 nitrogen and oxygen atoms in total. The van der Waals surface area contributed by atoms with Crippen molar-refractivity contribution in [1.82, 2.24) is 10.6 Å². The third-order valence-corrected chi connectivity index (χ3v) is 2.44. The van der Waals surface area contributed by atoms with Crippen molar-refractivity contribution >= 4 is 5.91 Å². The summed E-state index contributed by atoms with van der Waals surface area (Å²) in [7, 11) is 0. The maximum absolute atomic E-state index is 12.9. The van der Waals surface area contributed by atoms with Crippen molar-refractivity contribution in [3.8, 4) is 0 Å². The minimum atomic E-state index is -0.845. The van der Waals surface area contributed by atoms with Crippen molar-refractivity contribution in [2.24, 2.45) is 5.92 Å². The molecule has 0 aliphatic carbocycles. The molecule has 0 unspecified atom stereocenters. The summed E-state index contributed by atoms with van der Waals surface area (Å²) >= 11 is 0. The van der Waals surface area contributed by atoms with E-state index in [1.54, 1.807) is 0 Å². The molecule has 1 amide bonds. The lowest BCUT2D eigenvalue weighted by Gasteiger charge is -2.08. The fourth-order valence-corrected chi connectivity index (χ4v) is 1.36. The van der Waals surface area contributed by atoms with E-state index in [0.29, 0.717) is 25.2 Å². The van der Waals surface area contributed by atoms with Crippen LogP contribution in [0.15, 0.2) is 18.2 Å². The number of halogens is 2. The highest BCUT2D eigenvalue weighted by Crippen LogP contribution is 2.08. The van der Waals surface area contributed by atoms with Crippen LogP contribution in [0.25, 0.3) is 0 Å². The topological polar surface area (TPSA) is 41.1 Å². The van der Waals surface area contributed by atoms with E-state index in [2.05, 4.69) is 10.6 Å². The zero-order valence-electron chi connectivity index (χ0n) is 10.6. The fraction of sp³-hybridized carbons (Fsp3) is 0.462. The number of carbonyl (C=O) groups excluding carboxylic acids is 1. The maximum atomic E-state index is 12.9. The second kappa shape index (κ2) is 7.06. The van der Waals surface area contributed by atoms with Gasteiger partial charge in [-0.05, 0) is 17.7 Å². The number of rotatable bonds is 6. The molecule has 0 saturated heterocycles. The quantitative estimate of drug-likeness (QED) is 0.762. The Morgan fingerprint density at radius 2 is 1.94 bits per heavy atom. The fourth-order valence-electron chi connectivity index (χ4n) is 1.36. The summed E-state index contributed by atoms with van der Waals surface area (Å²) in [5.41, 5.74) is 0.670. The van der Waals surface area contributed by atoms with E-state index in [1.165, 1.54) is 6.07 Å². The second-order valence-corrected chi connectivity index (χ2v) is 4.37. The van der Waals surface area contributed by atoms with Crippen LogP contribution >= 0.6 is 0 Å². The molecule has 100 valence electrons. The zero-order valence-corrected chi connectivity index (χ0v) is 10.6. The van der Waals surface area contributed by atoms with Crippen molar-refractivity contribution in [1.29, 1.82) is 0 Å². The molecule has 0 bridgehead atoms. The Labute approximate surface area is 106 Å². The average molecular weight is 256 g/mol. The third-order valence-electron chi connectivity index (χ3n) is 2.44. The lowest BCUT2D eigenvalue weighted by atomic mass is 10.2. The molecule has 0 heterocycles. The summed E-state index contributed by atoms with van der Waals surface area (Å²) in [6.45, 7) is 5.18. The summed E-state index contributed by atoms with van der Waals surface area (Å²) in [6.07, 6.45) is 0. The first-order valence-electron chi connectivity index (χ1n) is 5.93. The predicted molar refractivity (Wildman–Crippen MR) is 65.9 cm³/mol. The van der Waals surface area contributed by atoms with Gasteiger partial charge >= 0.3 is 0 Å². The monoisotopic (exact) mass is 256 g/mol. The molecule has 2 N–H and O–H groups in total. The Bertz CT molecular complexity index is 408. The van der Waals surface area contributed by atoms with Gasteiger partial charge in [0.2, 0.25) is 5.91 Å². The molecule has 5 heteroatoms. The summed E-state index contributed by atoms with van der Waals surface area (Å²) in [5.74, 6) is -1.72. The summed E-state index contributed by atoms with van der Waals surface area (Å²) in [6, 6.07) is 3.79. The Balaban J connectivity index is 2.22. The van der Waals surface area contributed by atoms with Gasteiger partial charge in [0.1, 0.15) is 0 Å². The van der Waals surface area contributed by atoms with Gasteiger partial charge < -0.3 is 10.6 Å². The van der Waals surface area contributed by atoms with Crippen LogP contribution < -0.4 is 10.6 Å². The predicted octanol–water partition coefficient (Wildman–Crippen LogP) is 1.83. The Hall–Kier alpha value is -1.49. The lowest BCUT2D eigenvalue weighted by Crippen LogP contribution is -2.34. The molecule has 0 saturated carbocycles. The van der Waals surface area contributed by atoms with Gasteiger partial charge in [0.15, 0.2) is 11.6 Å². The molecular weight excluding hydrogens is 238 g/mol. The molecule has 1 aromatic carbocycles. The maximum Gasteiger partial charge on any atom is 0.222 e. The first-order chi connectivity index (χ1) is 8.50. The van der Waals surface area contributed by atoms with Crippen LogP contribution in [0.1, 0.15) is 19.4 Å². The van der Waals surface area contributed by atoms with Crippen molar-refractivity contribution < 1.29 is 13.6 Å². The van der Waals surface area contributed by atoms with Gasteiger partial charge in [-0.1, -0.05) is 19.9 Å². The first kappa shape index (κ1) is 14.6. The van der Waals surface area contributed by atoms with Gasteiger partial charge in [-0.15, -0.1) is 0 Å². The largest absolute Gasteiger partial charge is 0.355 e. The number of carbonyl (C=O) groups is 1. The highest BCUT2D eigenvalue weighted by Gasteiger charge is 2.05. The molecule has 0 fully saturated rings. The van der Waals surface area contributed by atoms with E-state index in [4.69, 9.17) is 0 Å². The van der Waals surface area contributed by atoms with E-state index in [1.807, 2.05) is 13.8 Å². The van der Waals surface area contributed by atoms with E-state index in [9.17, 15) is 13.6 Å². The van der Waals surface area contributed by atoms with Gasteiger partial charge in [0.05, 0.1) is 0 Å². The van der Waals surface area contributed by atoms with E-state index >= 15 is 0 Å². The van der Waals surface area contributed by atoms with Crippen molar-refractivity contribution in [2.75, 3.05) is 13.1 Å². The van der Waals surface area contributed by atoms with Gasteiger partial charge in [0.25, 0.3) is 0 Å². The van der Waals surface area contributed by atoms with Crippen molar-refractivity contribution in [3.05, 3.63) is 35.4 Å². The van der Waals surface area contributed by atoms with E-state index < -0.39 is 11.6 Å². The molecule has 0 spiro atoms. The summed E-state index contributed by atoms with van der Waals surface area (Å²) in [5, 5.41) is 5.79. The SMILES string of the molecule is CC(C)C(=O)NCCNCc1ccc(F)c(F)c1. The highest BCUT2D eigenvalue weighted by molar-refractivity contribution is 5.77. The molecule has 0 aromatic heterocycles. The normalized spacial score (nSPS) is 10.7. The van der Waals surface area contributed by atoms with Gasteiger partial charge in [0, 0.05) is 25.6 Å². The average Bonchev–Trinajstić information content (AvgIpc) is 2.32. The number of nitrogens with one attached hydrogen (secondary N) is 2. The number of hydrogen-bond donors (Lipinski definition) is 2. The smallest absolute Gasteiger partial charge is 0.222 e. The summed E-state index contributed by atoms with van der Waals surface area (Å²) < 4.78 is 25.6. The Kier molecular flexibility index (Phi) is 5.71. The van der Waals surface area contributed by atoms with Crippen LogP contribution in [0.4, 0.5) is 8.78 Å². The standard InChI is InChI=1S/C13H18F2N2O/c1-9(2)13(18)17-6-5-16-8-10-3-4-11(14)12(15)7-10/h3-4,7,9,16H,5-6,8H2,1-2H3,(H,17,18). The molecule has 0 radical (unpaired) electrons. The summed E-state index contributed by atoms with van der Waals surface area (Å²) in [4.78, 5) is 11.2. The molecule has 18 heavy (non-hydrogen) atoms. The third kappa shape index (κ3) is 4.79. The number of amides is 1. The molecular formula is C13H18F2N2O. The van der Waals surface area contributed by atoms with Gasteiger partial charge in [-0.2, -0.15) is 0 Å². The number of benzene rings is 1. The number of hydrogen-bond acceptors (Lipinski definition) is 2. The van der Waals surface area contributed by atoms with Crippen LogP contribution in [0.5, 0.6) is 0 Å². The van der Waals surface area contributed by atoms with Crippen LogP contribution in [0, 0.1) is 17.6 Å². The van der Waals surface area contributed by atoms with Crippen molar-refractivity contribution in [3.63, 3.8) is 0 Å². The van der Waals surface area contributed by atoms with Crippen LogP contribution in [0.3, 0.4) is 0 Å². The molecule has 1 aromatic rings. The highest BCUT2D eigenvalue weighted by atomic mass is 19.2. The van der Waals surface area contributed by atoms with Crippen molar-refractivity contribution in [2.45, 2.75) is 20.4 Å². The Morgan fingerprint density at radius 1 is 1.22 bits per heavy atom. The molecule has 0 aliphatic rings. The van der Waals surface area contributed by atoms with Gasteiger partial charge in [-0.25, -0.2) is 8.78 Å². The van der Waals surface area contributed by atoms with E-state index in [0.717, 1.165) is 12.1 Å². The molecule has 0 aliphatic heterocycles. The Morgan fingerprint density at radius 3 is 2.56 bits per heavy atom.